The number of halogens is 5. The molecule has 4 aromatic carbocycles. The van der Waals surface area contributed by atoms with Crippen LogP contribution in [0.25, 0.3) is 0 Å². The Morgan fingerprint density at radius 1 is 0.528 bits per heavy atom. The van der Waals surface area contributed by atoms with Gasteiger partial charge in [0.25, 0.3) is 0 Å². The van der Waals surface area contributed by atoms with Crippen LogP contribution in [0.4, 0.5) is 41.1 Å². The van der Waals surface area contributed by atoms with Crippen LogP contribution in [0, 0.1) is 0 Å². The highest BCUT2D eigenvalue weighted by molar-refractivity contribution is 7.10. The van der Waals surface area contributed by atoms with Crippen LogP contribution in [0.15, 0.2) is 144 Å². The Balaban J connectivity index is 0.000000324. The van der Waals surface area contributed by atoms with Crippen molar-refractivity contribution in [1.29, 1.82) is 0 Å². The Labute approximate surface area is 523 Å². The number of carboxylic acid groups (broad SMARTS) is 1. The summed E-state index contributed by atoms with van der Waals surface area (Å²) in [5.74, 6) is -1.41. The molecule has 0 saturated carbocycles. The largest absolute Gasteiger partial charge is 0.573 e. The first-order valence-electron chi connectivity index (χ1n) is 28.6. The number of alkyl halides is 5. The van der Waals surface area contributed by atoms with E-state index in [2.05, 4.69) is 20.7 Å². The molecule has 0 fully saturated rings. The van der Waals surface area contributed by atoms with Crippen molar-refractivity contribution in [2.75, 3.05) is 13.1 Å². The minimum absolute atomic E-state index is 0.0268. The molecule has 6 rings (SSSR count). The van der Waals surface area contributed by atoms with Crippen molar-refractivity contribution in [3.8, 4) is 11.5 Å². The van der Waals surface area contributed by atoms with Gasteiger partial charge in [0.2, 0.25) is 11.8 Å². The van der Waals surface area contributed by atoms with Crippen LogP contribution in [0.5, 0.6) is 11.5 Å². The van der Waals surface area contributed by atoms with E-state index in [1.807, 2.05) is 83.6 Å². The van der Waals surface area contributed by atoms with Crippen molar-refractivity contribution in [2.24, 2.45) is 0 Å². The molecule has 0 bridgehead atoms. The van der Waals surface area contributed by atoms with E-state index in [-0.39, 0.29) is 70.0 Å². The maximum absolute atomic E-state index is 14.0. The lowest BCUT2D eigenvalue weighted by molar-refractivity contribution is -0.275. The van der Waals surface area contributed by atoms with Gasteiger partial charge in [-0.05, 0) is 126 Å². The number of benzene rings is 4. The lowest BCUT2D eigenvalue weighted by atomic mass is 10.1. The monoisotopic (exact) mass is 1280 g/mol. The highest BCUT2D eigenvalue weighted by atomic mass is 32.1. The smallest absolute Gasteiger partial charge is 0.465 e. The topological polar surface area (TPSA) is 215 Å². The van der Waals surface area contributed by atoms with Crippen LogP contribution in [-0.4, -0.2) is 105 Å². The summed E-state index contributed by atoms with van der Waals surface area (Å²) in [5, 5.41) is 21.4. The molecule has 0 saturated heterocycles. The Hall–Kier alpha value is -8.45. The Morgan fingerprint density at radius 2 is 0.989 bits per heavy atom. The van der Waals surface area contributed by atoms with Crippen LogP contribution in [-0.2, 0) is 63.1 Å². The summed E-state index contributed by atoms with van der Waals surface area (Å²) in [4.78, 5) is 83.3. The van der Waals surface area contributed by atoms with Gasteiger partial charge in [-0.2, -0.15) is 8.78 Å². The second kappa shape index (κ2) is 35.5. The molecule has 0 aliphatic heterocycles. The van der Waals surface area contributed by atoms with Crippen LogP contribution >= 0.6 is 22.7 Å². The van der Waals surface area contributed by atoms with Crippen molar-refractivity contribution < 1.29 is 79.5 Å². The molecule has 0 radical (unpaired) electrons. The number of thiophene rings is 2. The number of unbranched alkanes of at least 4 members (excludes halogenated alkanes) is 2. The number of hydrogen-bond acceptors (Lipinski definition) is 13. The van der Waals surface area contributed by atoms with Crippen LogP contribution < -0.4 is 25.4 Å². The van der Waals surface area contributed by atoms with E-state index < -0.39 is 78.2 Å². The van der Waals surface area contributed by atoms with Crippen molar-refractivity contribution in [3.05, 3.63) is 176 Å². The maximum atomic E-state index is 14.0. The minimum atomic E-state index is -4.93. The van der Waals surface area contributed by atoms with E-state index >= 15 is 0 Å². The highest BCUT2D eigenvalue weighted by Gasteiger charge is 2.34. The number of nitrogens with zero attached hydrogens (tertiary/aromatic N) is 3. The molecule has 2 heterocycles. The average molecular weight is 1280 g/mol. The van der Waals surface area contributed by atoms with E-state index in [4.69, 9.17) is 18.9 Å². The first-order valence-corrected chi connectivity index (χ1v) is 30.4. The van der Waals surface area contributed by atoms with Gasteiger partial charge < -0.3 is 59.4 Å². The number of alkyl carbamates (subject to hydrolysis) is 3. The molecular formula is C64H77F5N6O12S2. The second-order valence-electron chi connectivity index (χ2n) is 22.3. The van der Waals surface area contributed by atoms with E-state index in [9.17, 15) is 55.8 Å². The number of para-hydroxylation sites is 2. The zero-order chi connectivity index (χ0) is 65.0. The number of amides is 6. The average Bonchev–Trinajstić information content (AvgIpc) is 3.26. The fourth-order valence-electron chi connectivity index (χ4n) is 8.71. The molecule has 2 aromatic heterocycles. The molecule has 89 heavy (non-hydrogen) atoms. The summed E-state index contributed by atoms with van der Waals surface area (Å²) in [6.07, 6.45) is -6.01. The maximum Gasteiger partial charge on any atom is 0.573 e. The minimum Gasteiger partial charge on any atom is -0.465 e. The third-order valence-corrected chi connectivity index (χ3v) is 14.3. The van der Waals surface area contributed by atoms with Gasteiger partial charge in [-0.1, -0.05) is 109 Å². The second-order valence-corrected chi connectivity index (χ2v) is 24.3. The lowest BCUT2D eigenvalue weighted by Gasteiger charge is -2.29. The standard InChI is InChI=1S/C32H38F3N3O6S.C32H39F2N3O6S/c1-31(2,3)44-29(40)36-26(16-9-10-18-37(30(41)42)20-23-12-5-4-6-13-23)28(39)38(22-25-15-11-19-45-25)21-24-14-7-8-17-27(24)43-32(33,34)35;1-32(2,3)43-31(40)36-26(16-9-10-18-35-30(39)41-22-23-12-5-4-6-13-23)28(38)37(21-25-15-11-19-44-25)20-24-14-7-8-17-27(24)42-29(33)34/h4-8,11-15,17,19,26H,9-10,16,18,20-22H2,1-3H3,(H,36,40)(H,41,42);4-8,11-15,17,19,26,29H,9-10,16,18,20-22H2,1-3H3,(H,35,39)(H,36,40)/t2*26-/m00/s1. The fourth-order valence-corrected chi connectivity index (χ4v) is 10.1. The molecule has 482 valence electrons. The predicted molar refractivity (Wildman–Crippen MR) is 327 cm³/mol. The highest BCUT2D eigenvalue weighted by Crippen LogP contribution is 2.29. The lowest BCUT2D eigenvalue weighted by Crippen LogP contribution is -2.49. The van der Waals surface area contributed by atoms with Gasteiger partial charge in [0.05, 0.1) is 13.1 Å². The third-order valence-electron chi connectivity index (χ3n) is 12.6. The molecule has 25 heteroatoms. The molecule has 0 spiro atoms. The molecule has 4 N–H and O–H groups in total. The van der Waals surface area contributed by atoms with Crippen LogP contribution in [0.1, 0.15) is 112 Å². The van der Waals surface area contributed by atoms with Gasteiger partial charge in [0, 0.05) is 53.6 Å². The van der Waals surface area contributed by atoms with Gasteiger partial charge >= 0.3 is 37.3 Å². The number of nitrogens with one attached hydrogen (secondary N) is 3. The molecule has 0 aliphatic rings. The number of ether oxygens (including phenoxy) is 5. The third kappa shape index (κ3) is 28.1. The van der Waals surface area contributed by atoms with E-state index in [1.165, 1.54) is 61.6 Å². The molecule has 0 aliphatic carbocycles. The summed E-state index contributed by atoms with van der Waals surface area (Å²) >= 11 is 2.82. The summed E-state index contributed by atoms with van der Waals surface area (Å²) in [6, 6.07) is 35.6. The van der Waals surface area contributed by atoms with Crippen molar-refractivity contribution in [1.82, 2.24) is 30.7 Å². The Kier molecular flexibility index (Phi) is 28.5. The predicted octanol–water partition coefficient (Wildman–Crippen LogP) is 14.3. The summed E-state index contributed by atoms with van der Waals surface area (Å²) in [6.45, 7) is 8.02. The van der Waals surface area contributed by atoms with E-state index in [1.54, 1.807) is 77.9 Å². The van der Waals surface area contributed by atoms with E-state index in [0.717, 1.165) is 20.9 Å². The summed E-state index contributed by atoms with van der Waals surface area (Å²) in [7, 11) is 0. The van der Waals surface area contributed by atoms with Gasteiger partial charge in [-0.25, -0.2) is 19.2 Å². The number of rotatable bonds is 29. The van der Waals surface area contributed by atoms with Gasteiger partial charge in [0.1, 0.15) is 41.4 Å². The van der Waals surface area contributed by atoms with Crippen molar-refractivity contribution >= 4 is 58.9 Å². The first kappa shape index (κ1) is 71.3. The van der Waals surface area contributed by atoms with Gasteiger partial charge in [-0.15, -0.1) is 35.8 Å². The normalized spacial score (nSPS) is 12.0. The zero-order valence-electron chi connectivity index (χ0n) is 50.5. The molecule has 6 amide bonds. The quantitative estimate of drug-likeness (QED) is 0.0196. The zero-order valence-corrected chi connectivity index (χ0v) is 52.1. The fraction of sp³-hybridized carbons (Fsp3) is 0.406. The van der Waals surface area contributed by atoms with Gasteiger partial charge in [-0.3, -0.25) is 9.59 Å². The van der Waals surface area contributed by atoms with E-state index in [0.29, 0.717) is 37.8 Å². The number of carbonyl (C=O) groups is 6. The molecule has 0 unspecified atom stereocenters. The first-order chi connectivity index (χ1) is 42.2. The summed E-state index contributed by atoms with van der Waals surface area (Å²) < 4.78 is 90.5. The van der Waals surface area contributed by atoms with Crippen molar-refractivity contribution in [3.63, 3.8) is 0 Å². The van der Waals surface area contributed by atoms with Gasteiger partial charge in [0.15, 0.2) is 0 Å². The summed E-state index contributed by atoms with van der Waals surface area (Å²) in [5.41, 5.74) is 0.595. The molecule has 2 atom stereocenters. The van der Waals surface area contributed by atoms with Crippen molar-refractivity contribution in [2.45, 2.75) is 156 Å². The molecular weight excluding hydrogens is 1200 g/mol. The Bertz CT molecular complexity index is 3110. The SMILES string of the molecule is CC(C)(C)OC(=O)N[C@@H](CCCCN(Cc1ccccc1)C(=O)O)C(=O)N(Cc1cccs1)Cc1ccccc1OC(F)(F)F.CC(C)(C)OC(=O)N[C@@H](CCCCNC(=O)OCc1ccccc1)C(=O)N(Cc1cccs1)Cc1ccccc1OC(F)F. The number of hydrogen-bond donors (Lipinski definition) is 4. The molecule has 6 aromatic rings. The Morgan fingerprint density at radius 3 is 1.45 bits per heavy atom. The number of carbonyl (C=O) groups excluding carboxylic acids is 5. The van der Waals surface area contributed by atoms with Crippen LogP contribution in [0.2, 0.25) is 0 Å². The van der Waals surface area contributed by atoms with Crippen LogP contribution in [0.3, 0.4) is 0 Å². The molecule has 18 nitrogen and oxygen atoms in total.